The molecular weight excluding hydrogens is 153 g/mol. The Labute approximate surface area is 50.6 Å². The summed E-state index contributed by atoms with van der Waals surface area (Å²) in [6.45, 7) is 0. The first-order valence-corrected chi connectivity index (χ1v) is 2.82. The molecule has 0 unspecified atom stereocenters. The number of pyridine rings is 1. The molecule has 0 amide bonds. The second-order valence-electron chi connectivity index (χ2n) is 1.19. The summed E-state index contributed by atoms with van der Waals surface area (Å²) in [5.74, 6) is 0. The third-order valence-electron chi connectivity index (χ3n) is 0.634. The summed E-state index contributed by atoms with van der Waals surface area (Å²) < 4.78 is 1.09. The molecule has 2 heteroatoms. The van der Waals surface area contributed by atoms with E-state index in [2.05, 4.69) is 21.0 Å². The van der Waals surface area contributed by atoms with Crippen LogP contribution in [0.3, 0.4) is 0 Å². The van der Waals surface area contributed by atoms with Crippen LogP contribution < -0.4 is 4.46 Å². The van der Waals surface area contributed by atoms with Gasteiger partial charge < -0.3 is 0 Å². The molecule has 1 rings (SSSR count). The van der Waals surface area contributed by atoms with Crippen LogP contribution in [0.2, 0.25) is 0 Å². The van der Waals surface area contributed by atoms with Crippen LogP contribution in [0.15, 0.2) is 24.5 Å². The Morgan fingerprint density at radius 2 is 2.43 bits per heavy atom. The molecule has 0 aliphatic rings. The van der Waals surface area contributed by atoms with Crippen LogP contribution in [0.25, 0.3) is 0 Å². The molecule has 1 nitrogen and oxygen atoms in total. The van der Waals surface area contributed by atoms with Crippen molar-refractivity contribution >= 4 is 20.5 Å². The van der Waals surface area contributed by atoms with E-state index in [1.54, 1.807) is 12.4 Å². The van der Waals surface area contributed by atoms with Gasteiger partial charge in [0.05, 0.1) is 0 Å². The van der Waals surface area contributed by atoms with Gasteiger partial charge in [0.15, 0.2) is 0 Å². The Bertz CT molecular complexity index is 138. The second kappa shape index (κ2) is 2.10. The summed E-state index contributed by atoms with van der Waals surface area (Å²) in [6, 6.07) is 3.86. The molecule has 1 heterocycles. The van der Waals surface area contributed by atoms with E-state index in [-0.39, 0.29) is 0 Å². The first-order valence-electron chi connectivity index (χ1n) is 1.96. The molecule has 35 valence electrons. The molecule has 0 fully saturated rings. The zero-order valence-corrected chi connectivity index (χ0v) is 5.38. The first-order chi connectivity index (χ1) is 3.39. The zero-order valence-electron chi connectivity index (χ0n) is 3.66. The summed E-state index contributed by atoms with van der Waals surface area (Å²) >= 11 is 2.84. The number of hydrogen-bond acceptors (Lipinski definition) is 1. The van der Waals surface area contributed by atoms with Gasteiger partial charge in [-0.1, -0.05) is 0 Å². The van der Waals surface area contributed by atoms with Crippen molar-refractivity contribution in [3.8, 4) is 0 Å². The molecule has 0 saturated carbocycles. The minimum absolute atomic E-state index is 1.09. The third-order valence-corrected chi connectivity index (χ3v) is 1.14. The van der Waals surface area contributed by atoms with Crippen LogP contribution >= 0.6 is 0 Å². The molecule has 1 radical (unpaired) electrons. The summed E-state index contributed by atoms with van der Waals surface area (Å²) in [5, 5.41) is 0. The first kappa shape index (κ1) is 4.82. The van der Waals surface area contributed by atoms with E-state index in [1.165, 1.54) is 0 Å². The van der Waals surface area contributed by atoms with E-state index in [0.29, 0.717) is 0 Å². The Morgan fingerprint density at radius 3 is 2.71 bits per heavy atom. The summed E-state index contributed by atoms with van der Waals surface area (Å²) in [4.78, 5) is 3.85. The summed E-state index contributed by atoms with van der Waals surface area (Å²) in [6.07, 6.45) is 3.53. The molecule has 0 spiro atoms. The van der Waals surface area contributed by atoms with Gasteiger partial charge in [-0.3, -0.25) is 0 Å². The van der Waals surface area contributed by atoms with Gasteiger partial charge in [0.25, 0.3) is 0 Å². The molecule has 1 aromatic rings. The standard InChI is InChI=1S/C5H4NSe/c7-5-2-1-3-6-4-5/h1-4H. The normalized spacial score (nSPS) is 8.57. The van der Waals surface area contributed by atoms with Gasteiger partial charge in [-0.2, -0.15) is 0 Å². The van der Waals surface area contributed by atoms with Gasteiger partial charge in [0.1, 0.15) is 0 Å². The molecule has 0 bridgehead atoms. The van der Waals surface area contributed by atoms with Crippen molar-refractivity contribution in [3.05, 3.63) is 24.5 Å². The molecule has 0 atom stereocenters. The third kappa shape index (κ3) is 1.30. The van der Waals surface area contributed by atoms with Crippen LogP contribution in [0, 0.1) is 0 Å². The molecule has 0 saturated heterocycles. The van der Waals surface area contributed by atoms with Crippen molar-refractivity contribution in [2.24, 2.45) is 0 Å². The van der Waals surface area contributed by atoms with Crippen LogP contribution in [0.5, 0.6) is 0 Å². The maximum absolute atomic E-state index is 3.85. The second-order valence-corrected chi connectivity index (χ2v) is 2.18. The van der Waals surface area contributed by atoms with E-state index in [4.69, 9.17) is 0 Å². The van der Waals surface area contributed by atoms with Gasteiger partial charge in [-0.15, -0.1) is 0 Å². The number of rotatable bonds is 0. The fourth-order valence-electron chi connectivity index (χ4n) is 0.347. The predicted octanol–water partition coefficient (Wildman–Crippen LogP) is -0.125. The SMILES string of the molecule is [Se]c1cccnc1. The fraction of sp³-hybridized carbons (Fsp3) is 0. The van der Waals surface area contributed by atoms with Gasteiger partial charge in [-0.05, 0) is 0 Å². The van der Waals surface area contributed by atoms with Gasteiger partial charge in [0.2, 0.25) is 0 Å². The van der Waals surface area contributed by atoms with Crippen molar-refractivity contribution in [2.75, 3.05) is 0 Å². The molecule has 0 aliphatic heterocycles. The van der Waals surface area contributed by atoms with Crippen molar-refractivity contribution in [1.29, 1.82) is 0 Å². The maximum atomic E-state index is 3.85. The molecule has 0 aliphatic carbocycles. The molecule has 0 aromatic carbocycles. The Morgan fingerprint density at radius 1 is 1.57 bits per heavy atom. The monoisotopic (exact) mass is 158 g/mol. The average molecular weight is 157 g/mol. The Kier molecular flexibility index (Phi) is 1.45. The van der Waals surface area contributed by atoms with Crippen LogP contribution in [-0.2, 0) is 0 Å². The molecule has 0 N–H and O–H groups in total. The van der Waals surface area contributed by atoms with E-state index in [1.807, 2.05) is 12.1 Å². The number of aromatic nitrogens is 1. The van der Waals surface area contributed by atoms with Gasteiger partial charge >= 0.3 is 50.0 Å². The Hall–Kier alpha value is -0.331. The average Bonchev–Trinajstić information content (AvgIpc) is 1.69. The minimum atomic E-state index is 1.09. The van der Waals surface area contributed by atoms with Crippen LogP contribution in [0.1, 0.15) is 0 Å². The number of hydrogen-bond donors (Lipinski definition) is 0. The van der Waals surface area contributed by atoms with Crippen LogP contribution in [0.4, 0.5) is 0 Å². The number of nitrogens with zero attached hydrogens (tertiary/aromatic N) is 1. The van der Waals surface area contributed by atoms with Crippen molar-refractivity contribution in [3.63, 3.8) is 0 Å². The fourth-order valence-corrected chi connectivity index (χ4v) is 0.640. The van der Waals surface area contributed by atoms with Crippen molar-refractivity contribution in [2.45, 2.75) is 0 Å². The molecule has 1 aromatic heterocycles. The predicted molar refractivity (Wildman–Crippen MR) is 29.6 cm³/mol. The van der Waals surface area contributed by atoms with Crippen molar-refractivity contribution < 1.29 is 0 Å². The Balaban J connectivity index is 3.02. The quantitative estimate of drug-likeness (QED) is 0.478. The summed E-state index contributed by atoms with van der Waals surface area (Å²) in [7, 11) is 0. The van der Waals surface area contributed by atoms with E-state index >= 15 is 0 Å². The summed E-state index contributed by atoms with van der Waals surface area (Å²) in [5.41, 5.74) is 0. The van der Waals surface area contributed by atoms with Gasteiger partial charge in [-0.25, -0.2) is 0 Å². The molecular formula is C5H4NSe. The van der Waals surface area contributed by atoms with E-state index < -0.39 is 0 Å². The van der Waals surface area contributed by atoms with Crippen LogP contribution in [-0.4, -0.2) is 21.0 Å². The molecule has 7 heavy (non-hydrogen) atoms. The van der Waals surface area contributed by atoms with Gasteiger partial charge in [0, 0.05) is 0 Å². The topological polar surface area (TPSA) is 12.9 Å². The van der Waals surface area contributed by atoms with Crippen molar-refractivity contribution in [1.82, 2.24) is 4.98 Å². The zero-order chi connectivity index (χ0) is 5.11. The van der Waals surface area contributed by atoms with E-state index in [0.717, 1.165) is 4.46 Å². The van der Waals surface area contributed by atoms with E-state index in [9.17, 15) is 0 Å².